The van der Waals surface area contributed by atoms with E-state index in [0.717, 1.165) is 11.3 Å². The highest BCUT2D eigenvalue weighted by atomic mass is 35.5. The molecule has 3 nitrogen and oxygen atoms in total. The lowest BCUT2D eigenvalue weighted by molar-refractivity contribution is 0.0173. The Morgan fingerprint density at radius 3 is 2.44 bits per heavy atom. The van der Waals surface area contributed by atoms with Crippen LogP contribution in [0.4, 0.5) is 5.69 Å². The maximum Gasteiger partial charge on any atom is 0.107 e. The number of para-hydroxylation sites is 1. The van der Waals surface area contributed by atoms with Crippen LogP contribution in [0.5, 0.6) is 0 Å². The third-order valence-corrected chi connectivity index (χ3v) is 2.72. The smallest absolute Gasteiger partial charge is 0.107 e. The summed E-state index contributed by atoms with van der Waals surface area (Å²) < 4.78 is 0. The predicted octanol–water partition coefficient (Wildman–Crippen LogP) is 1.78. The van der Waals surface area contributed by atoms with Crippen molar-refractivity contribution in [3.8, 4) is 0 Å². The Hall–Kier alpha value is -0.770. The molecule has 1 aromatic carbocycles. The van der Waals surface area contributed by atoms with E-state index in [1.807, 2.05) is 43.3 Å². The number of aliphatic hydroxyl groups excluding tert-OH is 2. The van der Waals surface area contributed by atoms with E-state index in [4.69, 9.17) is 11.6 Å². The van der Waals surface area contributed by atoms with Gasteiger partial charge in [0.1, 0.15) is 6.10 Å². The number of benzene rings is 1. The fourth-order valence-electron chi connectivity index (χ4n) is 1.62. The summed E-state index contributed by atoms with van der Waals surface area (Å²) in [6, 6.07) is 7.47. The van der Waals surface area contributed by atoms with Crippen molar-refractivity contribution in [2.24, 2.45) is 0 Å². The zero-order valence-electron chi connectivity index (χ0n) is 9.60. The Bertz CT molecular complexity index is 331. The van der Waals surface area contributed by atoms with E-state index in [9.17, 15) is 10.2 Å². The summed E-state index contributed by atoms with van der Waals surface area (Å²) >= 11 is 5.55. The summed E-state index contributed by atoms with van der Waals surface area (Å²) in [6.45, 7) is 0. The zero-order valence-corrected chi connectivity index (χ0v) is 10.4. The zero-order chi connectivity index (χ0) is 12.1. The van der Waals surface area contributed by atoms with E-state index < -0.39 is 12.2 Å². The SMILES string of the molecule is CN(C)c1ccccc1C(O)C(O)CCCl. The molecule has 0 bridgehead atoms. The Kier molecular flexibility index (Phi) is 5.06. The third-order valence-electron chi connectivity index (χ3n) is 2.51. The van der Waals surface area contributed by atoms with E-state index >= 15 is 0 Å². The van der Waals surface area contributed by atoms with Gasteiger partial charge in [-0.05, 0) is 12.5 Å². The molecule has 16 heavy (non-hydrogen) atoms. The molecule has 2 atom stereocenters. The molecule has 2 N–H and O–H groups in total. The molecule has 0 aliphatic rings. The molecule has 0 saturated heterocycles. The molecule has 2 unspecified atom stereocenters. The predicted molar refractivity (Wildman–Crippen MR) is 67.1 cm³/mol. The fraction of sp³-hybridized carbons (Fsp3) is 0.500. The van der Waals surface area contributed by atoms with Gasteiger partial charge in [-0.2, -0.15) is 0 Å². The fourth-order valence-corrected chi connectivity index (χ4v) is 1.85. The molecule has 0 aliphatic carbocycles. The van der Waals surface area contributed by atoms with Gasteiger partial charge >= 0.3 is 0 Å². The maximum absolute atomic E-state index is 10.0. The normalized spacial score (nSPS) is 14.6. The van der Waals surface area contributed by atoms with E-state index in [-0.39, 0.29) is 0 Å². The van der Waals surface area contributed by atoms with E-state index in [0.29, 0.717) is 12.3 Å². The van der Waals surface area contributed by atoms with Crippen LogP contribution in [-0.2, 0) is 0 Å². The standard InChI is InChI=1S/C12H18ClNO2/c1-14(2)10-6-4-3-5-9(10)12(16)11(15)7-8-13/h3-6,11-12,15-16H,7-8H2,1-2H3. The molecule has 0 radical (unpaired) electrons. The van der Waals surface area contributed by atoms with Crippen LogP contribution in [0.2, 0.25) is 0 Å². The summed E-state index contributed by atoms with van der Waals surface area (Å²) in [5.74, 6) is 0.336. The molecule has 4 heteroatoms. The quantitative estimate of drug-likeness (QED) is 0.775. The van der Waals surface area contributed by atoms with Crippen LogP contribution >= 0.6 is 11.6 Å². The molecule has 0 fully saturated rings. The lowest BCUT2D eigenvalue weighted by atomic mass is 10.0. The van der Waals surface area contributed by atoms with E-state index in [1.165, 1.54) is 0 Å². The van der Waals surface area contributed by atoms with Gasteiger partial charge in [-0.3, -0.25) is 0 Å². The van der Waals surface area contributed by atoms with Crippen LogP contribution in [0.3, 0.4) is 0 Å². The van der Waals surface area contributed by atoms with Crippen molar-refractivity contribution in [1.82, 2.24) is 0 Å². The molecule has 0 heterocycles. The van der Waals surface area contributed by atoms with Gasteiger partial charge in [0, 0.05) is 31.2 Å². The van der Waals surface area contributed by atoms with Crippen molar-refractivity contribution in [1.29, 1.82) is 0 Å². The summed E-state index contributed by atoms with van der Waals surface area (Å²) in [7, 11) is 3.80. The van der Waals surface area contributed by atoms with Gasteiger partial charge in [0.05, 0.1) is 6.10 Å². The highest BCUT2D eigenvalue weighted by Crippen LogP contribution is 2.28. The molecule has 0 spiro atoms. The number of hydrogen-bond donors (Lipinski definition) is 2. The number of aliphatic hydroxyl groups is 2. The second-order valence-electron chi connectivity index (χ2n) is 3.94. The van der Waals surface area contributed by atoms with Crippen LogP contribution in [0.25, 0.3) is 0 Å². The minimum Gasteiger partial charge on any atom is -0.390 e. The monoisotopic (exact) mass is 243 g/mol. The van der Waals surface area contributed by atoms with Crippen molar-refractivity contribution >= 4 is 17.3 Å². The van der Waals surface area contributed by atoms with Gasteiger partial charge in [-0.25, -0.2) is 0 Å². The van der Waals surface area contributed by atoms with Crippen LogP contribution < -0.4 is 4.90 Å². The Labute approximate surface area is 101 Å². The number of nitrogens with zero attached hydrogens (tertiary/aromatic N) is 1. The molecule has 1 aromatic rings. The summed E-state index contributed by atoms with van der Waals surface area (Å²) in [4.78, 5) is 1.91. The van der Waals surface area contributed by atoms with Crippen LogP contribution in [0.15, 0.2) is 24.3 Å². The second-order valence-corrected chi connectivity index (χ2v) is 4.32. The topological polar surface area (TPSA) is 43.7 Å². The molecule has 0 aromatic heterocycles. The van der Waals surface area contributed by atoms with Crippen molar-refractivity contribution in [2.75, 3.05) is 24.9 Å². The Morgan fingerprint density at radius 1 is 1.25 bits per heavy atom. The highest BCUT2D eigenvalue weighted by Gasteiger charge is 2.20. The second kappa shape index (κ2) is 6.09. The lowest BCUT2D eigenvalue weighted by Crippen LogP contribution is -2.21. The number of alkyl halides is 1. The Morgan fingerprint density at radius 2 is 1.88 bits per heavy atom. The van der Waals surface area contributed by atoms with Crippen LogP contribution in [0.1, 0.15) is 18.1 Å². The average Bonchev–Trinajstić information content (AvgIpc) is 2.28. The van der Waals surface area contributed by atoms with Crippen molar-refractivity contribution in [3.05, 3.63) is 29.8 Å². The molecular weight excluding hydrogens is 226 g/mol. The average molecular weight is 244 g/mol. The first-order valence-corrected chi connectivity index (χ1v) is 5.79. The lowest BCUT2D eigenvalue weighted by Gasteiger charge is -2.23. The first-order chi connectivity index (χ1) is 7.57. The molecule has 90 valence electrons. The van der Waals surface area contributed by atoms with Crippen molar-refractivity contribution in [3.63, 3.8) is 0 Å². The minimum absolute atomic E-state index is 0.336. The number of halogens is 1. The van der Waals surface area contributed by atoms with Gasteiger partial charge in [0.15, 0.2) is 0 Å². The molecule has 0 amide bonds. The van der Waals surface area contributed by atoms with Crippen molar-refractivity contribution in [2.45, 2.75) is 18.6 Å². The third kappa shape index (κ3) is 3.11. The van der Waals surface area contributed by atoms with Crippen molar-refractivity contribution < 1.29 is 10.2 Å². The van der Waals surface area contributed by atoms with Crippen LogP contribution in [0, 0.1) is 0 Å². The van der Waals surface area contributed by atoms with Gasteiger partial charge in [-0.1, -0.05) is 18.2 Å². The first-order valence-electron chi connectivity index (χ1n) is 5.26. The maximum atomic E-state index is 10.0. The minimum atomic E-state index is -0.891. The summed E-state index contributed by atoms with van der Waals surface area (Å²) in [5.41, 5.74) is 1.63. The summed E-state index contributed by atoms with van der Waals surface area (Å²) in [6.07, 6.45) is -1.33. The van der Waals surface area contributed by atoms with E-state index in [1.54, 1.807) is 0 Å². The largest absolute Gasteiger partial charge is 0.390 e. The highest BCUT2D eigenvalue weighted by molar-refractivity contribution is 6.17. The first kappa shape index (κ1) is 13.3. The van der Waals surface area contributed by atoms with Crippen LogP contribution in [-0.4, -0.2) is 36.3 Å². The summed E-state index contributed by atoms with van der Waals surface area (Å²) in [5, 5.41) is 19.7. The number of hydrogen-bond acceptors (Lipinski definition) is 3. The van der Waals surface area contributed by atoms with Gasteiger partial charge in [0.25, 0.3) is 0 Å². The van der Waals surface area contributed by atoms with Gasteiger partial charge < -0.3 is 15.1 Å². The number of anilines is 1. The Balaban J connectivity index is 2.93. The number of rotatable bonds is 5. The molecular formula is C12H18ClNO2. The van der Waals surface area contributed by atoms with E-state index in [2.05, 4.69) is 0 Å². The molecule has 1 rings (SSSR count). The molecule has 0 saturated carbocycles. The van der Waals surface area contributed by atoms with Gasteiger partial charge in [-0.15, -0.1) is 11.6 Å². The molecule has 0 aliphatic heterocycles. The van der Waals surface area contributed by atoms with Gasteiger partial charge in [0.2, 0.25) is 0 Å².